The standard InChI is InChI=1S/C26H34N8O2S/c1-5-36-24(35)21-17(2)28-26(37-21)31-25-29-22(33(4)19-8-12-32(3)13-9-19)20-10-14-34(23(20)30-25)16-18-7-6-11-27-15-18/h6-7,11,15,19H,5,8-10,12-14,16H2,1-4H3,(H,28,29,30,31). The average Bonchev–Trinajstić information content (AvgIpc) is 3.47. The highest BCUT2D eigenvalue weighted by molar-refractivity contribution is 7.17. The van der Waals surface area contributed by atoms with Crippen molar-refractivity contribution in [2.45, 2.75) is 45.7 Å². The average molecular weight is 523 g/mol. The highest BCUT2D eigenvalue weighted by Crippen LogP contribution is 2.37. The summed E-state index contributed by atoms with van der Waals surface area (Å²) >= 11 is 1.26. The Hall–Kier alpha value is -3.31. The maximum atomic E-state index is 12.3. The molecule has 0 unspecified atom stereocenters. The molecule has 0 spiro atoms. The Labute approximate surface area is 221 Å². The van der Waals surface area contributed by atoms with Crippen molar-refractivity contribution in [3.05, 3.63) is 46.2 Å². The Kier molecular flexibility index (Phi) is 7.52. The highest BCUT2D eigenvalue weighted by Gasteiger charge is 2.31. The number of nitrogens with one attached hydrogen (secondary N) is 1. The molecule has 10 nitrogen and oxygen atoms in total. The number of esters is 1. The summed E-state index contributed by atoms with van der Waals surface area (Å²) < 4.78 is 5.18. The number of likely N-dealkylation sites (tertiary alicyclic amines) is 1. The molecule has 2 aliphatic rings. The van der Waals surface area contributed by atoms with Gasteiger partial charge in [-0.15, -0.1) is 0 Å². The molecule has 0 atom stereocenters. The largest absolute Gasteiger partial charge is 0.462 e. The first kappa shape index (κ1) is 25.3. The molecule has 0 saturated carbocycles. The van der Waals surface area contributed by atoms with Crippen molar-refractivity contribution >= 4 is 40.0 Å². The summed E-state index contributed by atoms with van der Waals surface area (Å²) in [5.74, 6) is 2.03. The number of nitrogens with zero attached hydrogens (tertiary/aromatic N) is 7. The zero-order chi connectivity index (χ0) is 25.9. The Morgan fingerprint density at radius 3 is 2.78 bits per heavy atom. The van der Waals surface area contributed by atoms with Gasteiger partial charge in [0.05, 0.1) is 12.3 Å². The van der Waals surface area contributed by atoms with Crippen LogP contribution in [0.4, 0.5) is 22.7 Å². The van der Waals surface area contributed by atoms with Crippen molar-refractivity contribution in [2.75, 3.05) is 55.5 Å². The number of piperidine rings is 1. The molecule has 37 heavy (non-hydrogen) atoms. The molecule has 5 rings (SSSR count). The van der Waals surface area contributed by atoms with Crippen LogP contribution in [0.5, 0.6) is 0 Å². The number of aryl methyl sites for hydroxylation is 1. The molecule has 5 heterocycles. The van der Waals surface area contributed by atoms with Crippen LogP contribution in [-0.4, -0.2) is 77.2 Å². The van der Waals surface area contributed by atoms with Gasteiger partial charge in [0.2, 0.25) is 5.95 Å². The van der Waals surface area contributed by atoms with E-state index in [2.05, 4.69) is 50.1 Å². The quantitative estimate of drug-likeness (QED) is 0.441. The SMILES string of the molecule is CCOC(=O)c1sc(Nc2nc3c(c(N(C)C4CCN(C)CC4)n2)CCN3Cc2cccnc2)nc1C. The van der Waals surface area contributed by atoms with Gasteiger partial charge < -0.3 is 19.4 Å². The number of pyridine rings is 1. The van der Waals surface area contributed by atoms with Gasteiger partial charge in [-0.1, -0.05) is 17.4 Å². The van der Waals surface area contributed by atoms with E-state index in [1.54, 1.807) is 13.1 Å². The minimum Gasteiger partial charge on any atom is -0.462 e. The number of fused-ring (bicyclic) bond motifs is 1. The number of carbonyl (C=O) groups is 1. The Balaban J connectivity index is 1.47. The topological polar surface area (TPSA) is 99.6 Å². The number of thiazole rings is 1. The molecule has 0 bridgehead atoms. The molecule has 3 aromatic heterocycles. The van der Waals surface area contributed by atoms with Gasteiger partial charge in [-0.25, -0.2) is 9.78 Å². The van der Waals surface area contributed by atoms with Gasteiger partial charge in [-0.3, -0.25) is 10.3 Å². The third-order valence-electron chi connectivity index (χ3n) is 7.04. The third kappa shape index (κ3) is 5.52. The van der Waals surface area contributed by atoms with Crippen molar-refractivity contribution in [2.24, 2.45) is 0 Å². The van der Waals surface area contributed by atoms with E-state index in [4.69, 9.17) is 14.7 Å². The summed E-state index contributed by atoms with van der Waals surface area (Å²) in [4.78, 5) is 38.6. The lowest BCUT2D eigenvalue weighted by Gasteiger charge is -2.36. The van der Waals surface area contributed by atoms with E-state index in [9.17, 15) is 4.79 Å². The molecule has 0 aromatic carbocycles. The van der Waals surface area contributed by atoms with Crippen LogP contribution in [-0.2, 0) is 17.7 Å². The first-order valence-corrected chi connectivity index (χ1v) is 13.6. The van der Waals surface area contributed by atoms with Crippen LogP contribution in [0.3, 0.4) is 0 Å². The van der Waals surface area contributed by atoms with Gasteiger partial charge in [0.25, 0.3) is 0 Å². The summed E-state index contributed by atoms with van der Waals surface area (Å²) in [6.07, 6.45) is 6.79. The van der Waals surface area contributed by atoms with Crippen LogP contribution in [0.25, 0.3) is 0 Å². The summed E-state index contributed by atoms with van der Waals surface area (Å²) in [6, 6.07) is 4.48. The Morgan fingerprint density at radius 2 is 2.05 bits per heavy atom. The zero-order valence-electron chi connectivity index (χ0n) is 21.9. The van der Waals surface area contributed by atoms with Crippen LogP contribution in [0.15, 0.2) is 24.5 Å². The molecule has 0 radical (unpaired) electrons. The molecular formula is C26H34N8O2S. The van der Waals surface area contributed by atoms with Gasteiger partial charge in [-0.2, -0.15) is 9.97 Å². The van der Waals surface area contributed by atoms with Crippen LogP contribution < -0.4 is 15.1 Å². The number of carbonyl (C=O) groups excluding carboxylic acids is 1. The van der Waals surface area contributed by atoms with E-state index in [0.29, 0.717) is 34.3 Å². The minimum absolute atomic E-state index is 0.326. The van der Waals surface area contributed by atoms with E-state index in [0.717, 1.165) is 62.6 Å². The molecule has 1 N–H and O–H groups in total. The van der Waals surface area contributed by atoms with Crippen molar-refractivity contribution < 1.29 is 9.53 Å². The third-order valence-corrected chi connectivity index (χ3v) is 8.09. The number of ether oxygens (including phenoxy) is 1. The van der Waals surface area contributed by atoms with Crippen molar-refractivity contribution in [3.8, 4) is 0 Å². The van der Waals surface area contributed by atoms with Crippen molar-refractivity contribution in [1.82, 2.24) is 24.8 Å². The van der Waals surface area contributed by atoms with Gasteiger partial charge in [0, 0.05) is 44.1 Å². The monoisotopic (exact) mass is 522 g/mol. The molecule has 2 aliphatic heterocycles. The molecule has 1 fully saturated rings. The maximum Gasteiger partial charge on any atom is 0.350 e. The highest BCUT2D eigenvalue weighted by atomic mass is 32.1. The predicted molar refractivity (Wildman–Crippen MR) is 146 cm³/mol. The van der Waals surface area contributed by atoms with E-state index in [-0.39, 0.29) is 5.97 Å². The molecule has 11 heteroatoms. The molecular weight excluding hydrogens is 488 g/mol. The van der Waals surface area contributed by atoms with E-state index in [1.807, 2.05) is 19.2 Å². The molecule has 196 valence electrons. The van der Waals surface area contributed by atoms with E-state index in [1.165, 1.54) is 16.9 Å². The first-order chi connectivity index (χ1) is 17.9. The van der Waals surface area contributed by atoms with E-state index < -0.39 is 0 Å². The van der Waals surface area contributed by atoms with Crippen LogP contribution >= 0.6 is 11.3 Å². The fourth-order valence-corrected chi connectivity index (χ4v) is 5.85. The van der Waals surface area contributed by atoms with Crippen LogP contribution in [0.1, 0.15) is 46.3 Å². The number of hydrogen-bond donors (Lipinski definition) is 1. The van der Waals surface area contributed by atoms with E-state index >= 15 is 0 Å². The second-order valence-electron chi connectivity index (χ2n) is 9.63. The number of rotatable bonds is 8. The molecule has 0 amide bonds. The molecule has 0 aliphatic carbocycles. The van der Waals surface area contributed by atoms with Gasteiger partial charge in [0.15, 0.2) is 5.13 Å². The van der Waals surface area contributed by atoms with Crippen LogP contribution in [0, 0.1) is 6.92 Å². The summed E-state index contributed by atoms with van der Waals surface area (Å²) in [7, 11) is 4.33. The predicted octanol–water partition coefficient (Wildman–Crippen LogP) is 3.65. The normalized spacial score (nSPS) is 16.1. The summed E-state index contributed by atoms with van der Waals surface area (Å²) in [6.45, 7) is 7.70. The summed E-state index contributed by atoms with van der Waals surface area (Å²) in [5.41, 5.74) is 2.95. The van der Waals surface area contributed by atoms with Crippen LogP contribution in [0.2, 0.25) is 0 Å². The van der Waals surface area contributed by atoms with Crippen molar-refractivity contribution in [1.29, 1.82) is 0 Å². The molecule has 1 saturated heterocycles. The second kappa shape index (κ2) is 11.0. The van der Waals surface area contributed by atoms with Gasteiger partial charge in [-0.05, 0) is 64.9 Å². The lowest BCUT2D eigenvalue weighted by molar-refractivity contribution is 0.0531. The Morgan fingerprint density at radius 1 is 1.24 bits per heavy atom. The number of hydrogen-bond acceptors (Lipinski definition) is 11. The fourth-order valence-electron chi connectivity index (χ4n) is 5.00. The van der Waals surface area contributed by atoms with Gasteiger partial charge >= 0.3 is 5.97 Å². The molecule has 3 aromatic rings. The smallest absolute Gasteiger partial charge is 0.350 e. The Bertz CT molecular complexity index is 1240. The second-order valence-corrected chi connectivity index (χ2v) is 10.6. The fraction of sp³-hybridized carbons (Fsp3) is 0.500. The maximum absolute atomic E-state index is 12.3. The van der Waals surface area contributed by atoms with Gasteiger partial charge in [0.1, 0.15) is 16.5 Å². The first-order valence-electron chi connectivity index (χ1n) is 12.8. The number of anilines is 4. The number of aromatic nitrogens is 4. The lowest BCUT2D eigenvalue weighted by atomic mass is 10.0. The lowest BCUT2D eigenvalue weighted by Crippen LogP contribution is -2.42. The zero-order valence-corrected chi connectivity index (χ0v) is 22.7. The summed E-state index contributed by atoms with van der Waals surface area (Å²) in [5, 5.41) is 3.86. The minimum atomic E-state index is -0.356. The van der Waals surface area contributed by atoms with Crippen molar-refractivity contribution in [3.63, 3.8) is 0 Å².